The van der Waals surface area contributed by atoms with Crippen LogP contribution >= 0.6 is 0 Å². The van der Waals surface area contributed by atoms with E-state index in [4.69, 9.17) is 10.3 Å². The third-order valence-corrected chi connectivity index (χ3v) is 4.47. The molecule has 2 N–H and O–H groups in total. The second-order valence-corrected chi connectivity index (χ2v) is 5.85. The molecule has 1 aromatic rings. The maximum Gasteiger partial charge on any atom is 0.292 e. The topological polar surface area (TPSA) is 72.4 Å². The normalized spacial score (nSPS) is 24.7. The lowest BCUT2D eigenvalue weighted by atomic mass is 9.90. The highest BCUT2D eigenvalue weighted by Crippen LogP contribution is 2.25. The fourth-order valence-electron chi connectivity index (χ4n) is 2.83. The van der Waals surface area contributed by atoms with Crippen molar-refractivity contribution in [3.8, 4) is 0 Å². The molecule has 2 rings (SSSR count). The number of nitrogens with two attached hydrogens (primary N) is 1. The van der Waals surface area contributed by atoms with E-state index in [0.717, 1.165) is 31.5 Å². The highest BCUT2D eigenvalue weighted by molar-refractivity contribution is 5.91. The van der Waals surface area contributed by atoms with Gasteiger partial charge in [0.2, 0.25) is 5.76 Å². The molecule has 0 bridgehead atoms. The van der Waals surface area contributed by atoms with Crippen LogP contribution in [-0.2, 0) is 0 Å². The van der Waals surface area contributed by atoms with Gasteiger partial charge in [0, 0.05) is 31.1 Å². The van der Waals surface area contributed by atoms with Crippen LogP contribution < -0.4 is 5.73 Å². The Bertz CT molecular complexity index is 458. The van der Waals surface area contributed by atoms with E-state index in [9.17, 15) is 4.79 Å². The molecule has 5 nitrogen and oxygen atoms in total. The molecular weight excluding hydrogens is 254 g/mol. The molecule has 0 unspecified atom stereocenters. The predicted molar refractivity (Wildman–Crippen MR) is 77.5 cm³/mol. The number of hydrogen-bond acceptors (Lipinski definition) is 4. The summed E-state index contributed by atoms with van der Waals surface area (Å²) >= 11 is 0. The first-order valence-corrected chi connectivity index (χ1v) is 7.56. The average molecular weight is 279 g/mol. The SMILES string of the molecule is CC[C@H](C)c1cc(C(=O)N2CCC[C@@H](C)[C@@H]2CN)on1. The van der Waals surface area contributed by atoms with E-state index in [1.165, 1.54) is 0 Å². The molecule has 20 heavy (non-hydrogen) atoms. The van der Waals surface area contributed by atoms with E-state index in [0.29, 0.717) is 24.1 Å². The number of carbonyl (C=O) groups is 1. The van der Waals surface area contributed by atoms with Crippen molar-refractivity contribution in [1.82, 2.24) is 10.1 Å². The van der Waals surface area contributed by atoms with E-state index in [-0.39, 0.29) is 11.9 Å². The Balaban J connectivity index is 2.15. The van der Waals surface area contributed by atoms with Crippen LogP contribution in [0, 0.1) is 5.92 Å². The van der Waals surface area contributed by atoms with Crippen molar-refractivity contribution in [1.29, 1.82) is 0 Å². The van der Waals surface area contributed by atoms with Crippen LogP contribution in [0.3, 0.4) is 0 Å². The molecule has 1 aliphatic heterocycles. The lowest BCUT2D eigenvalue weighted by molar-refractivity contribution is 0.0492. The van der Waals surface area contributed by atoms with E-state index in [1.807, 2.05) is 4.90 Å². The summed E-state index contributed by atoms with van der Waals surface area (Å²) in [5.74, 6) is 1.02. The molecule has 1 aromatic heterocycles. The van der Waals surface area contributed by atoms with Crippen molar-refractivity contribution in [2.75, 3.05) is 13.1 Å². The van der Waals surface area contributed by atoms with Crippen molar-refractivity contribution in [3.63, 3.8) is 0 Å². The Morgan fingerprint density at radius 3 is 3.05 bits per heavy atom. The van der Waals surface area contributed by atoms with Crippen molar-refractivity contribution in [2.45, 2.75) is 52.0 Å². The van der Waals surface area contributed by atoms with Crippen LogP contribution in [0.15, 0.2) is 10.6 Å². The van der Waals surface area contributed by atoms with Gasteiger partial charge in [0.15, 0.2) is 0 Å². The molecular formula is C15H25N3O2. The van der Waals surface area contributed by atoms with Gasteiger partial charge in [-0.15, -0.1) is 0 Å². The average Bonchev–Trinajstić information content (AvgIpc) is 2.95. The first-order valence-electron chi connectivity index (χ1n) is 7.56. The molecule has 1 saturated heterocycles. The van der Waals surface area contributed by atoms with Gasteiger partial charge in [-0.25, -0.2) is 0 Å². The number of amides is 1. The summed E-state index contributed by atoms with van der Waals surface area (Å²) in [4.78, 5) is 14.4. The zero-order valence-electron chi connectivity index (χ0n) is 12.6. The Kier molecular flexibility index (Phi) is 4.81. The quantitative estimate of drug-likeness (QED) is 0.918. The number of piperidine rings is 1. The fraction of sp³-hybridized carbons (Fsp3) is 0.733. The molecule has 3 atom stereocenters. The molecule has 0 aromatic carbocycles. The summed E-state index contributed by atoms with van der Waals surface area (Å²) in [6.07, 6.45) is 3.13. The predicted octanol–water partition coefficient (Wildman–Crippen LogP) is 2.39. The van der Waals surface area contributed by atoms with Crippen LogP contribution in [0.1, 0.15) is 62.2 Å². The zero-order chi connectivity index (χ0) is 14.7. The van der Waals surface area contributed by atoms with Gasteiger partial charge in [-0.1, -0.05) is 25.9 Å². The van der Waals surface area contributed by atoms with Crippen molar-refractivity contribution in [3.05, 3.63) is 17.5 Å². The maximum atomic E-state index is 12.6. The molecule has 112 valence electrons. The first kappa shape index (κ1) is 15.0. The Hall–Kier alpha value is -1.36. The van der Waals surface area contributed by atoms with Gasteiger partial charge < -0.3 is 15.2 Å². The standard InChI is InChI=1S/C15H25N3O2/c1-4-10(2)12-8-14(20-17-12)15(19)18-7-5-6-11(3)13(18)9-16/h8,10-11,13H,4-7,9,16H2,1-3H3/t10-,11+,13-/m0/s1. The molecule has 0 radical (unpaired) electrons. The van der Waals surface area contributed by atoms with Crippen molar-refractivity contribution >= 4 is 5.91 Å². The monoisotopic (exact) mass is 279 g/mol. The Labute approximate surface area is 120 Å². The molecule has 0 saturated carbocycles. The van der Waals surface area contributed by atoms with Crippen molar-refractivity contribution in [2.24, 2.45) is 11.7 Å². The maximum absolute atomic E-state index is 12.6. The van der Waals surface area contributed by atoms with E-state index < -0.39 is 0 Å². The minimum Gasteiger partial charge on any atom is -0.351 e. The highest BCUT2D eigenvalue weighted by Gasteiger charge is 2.33. The summed E-state index contributed by atoms with van der Waals surface area (Å²) in [6, 6.07) is 1.89. The lowest BCUT2D eigenvalue weighted by Gasteiger charge is -2.38. The number of hydrogen-bond donors (Lipinski definition) is 1. The third kappa shape index (κ3) is 2.87. The second kappa shape index (κ2) is 6.39. The van der Waals surface area contributed by atoms with Gasteiger partial charge in [0.1, 0.15) is 0 Å². The Morgan fingerprint density at radius 1 is 1.65 bits per heavy atom. The van der Waals surface area contributed by atoms with E-state index in [1.54, 1.807) is 6.07 Å². The van der Waals surface area contributed by atoms with Crippen LogP contribution in [0.4, 0.5) is 0 Å². The minimum atomic E-state index is -0.0750. The van der Waals surface area contributed by atoms with Crippen LogP contribution in [0.5, 0.6) is 0 Å². The van der Waals surface area contributed by atoms with Crippen LogP contribution in [0.2, 0.25) is 0 Å². The van der Waals surface area contributed by atoms with Gasteiger partial charge >= 0.3 is 0 Å². The minimum absolute atomic E-state index is 0.0750. The molecule has 0 aliphatic carbocycles. The fourth-order valence-corrected chi connectivity index (χ4v) is 2.83. The molecule has 1 amide bonds. The smallest absolute Gasteiger partial charge is 0.292 e. The first-order chi connectivity index (χ1) is 9.58. The number of aromatic nitrogens is 1. The van der Waals surface area contributed by atoms with Gasteiger partial charge in [-0.05, 0) is 25.2 Å². The summed E-state index contributed by atoms with van der Waals surface area (Å²) in [5, 5.41) is 4.02. The largest absolute Gasteiger partial charge is 0.351 e. The second-order valence-electron chi connectivity index (χ2n) is 5.85. The van der Waals surface area contributed by atoms with Crippen LogP contribution in [-0.4, -0.2) is 35.1 Å². The van der Waals surface area contributed by atoms with Gasteiger partial charge in [-0.3, -0.25) is 4.79 Å². The molecule has 0 spiro atoms. The van der Waals surface area contributed by atoms with Gasteiger partial charge in [0.05, 0.1) is 5.69 Å². The zero-order valence-corrected chi connectivity index (χ0v) is 12.6. The highest BCUT2D eigenvalue weighted by atomic mass is 16.5. The molecule has 2 heterocycles. The number of rotatable bonds is 4. The number of likely N-dealkylation sites (tertiary alicyclic amines) is 1. The third-order valence-electron chi connectivity index (χ3n) is 4.47. The van der Waals surface area contributed by atoms with Gasteiger partial charge in [0.25, 0.3) is 5.91 Å². The van der Waals surface area contributed by atoms with Gasteiger partial charge in [-0.2, -0.15) is 0 Å². The van der Waals surface area contributed by atoms with Crippen LogP contribution in [0.25, 0.3) is 0 Å². The summed E-state index contributed by atoms with van der Waals surface area (Å²) < 4.78 is 5.25. The molecule has 1 aliphatic rings. The lowest BCUT2D eigenvalue weighted by Crippen LogP contribution is -2.51. The Morgan fingerprint density at radius 2 is 2.40 bits per heavy atom. The molecule has 5 heteroatoms. The van der Waals surface area contributed by atoms with E-state index >= 15 is 0 Å². The number of carbonyl (C=O) groups excluding carboxylic acids is 1. The van der Waals surface area contributed by atoms with E-state index in [2.05, 4.69) is 25.9 Å². The summed E-state index contributed by atoms with van der Waals surface area (Å²) in [5.41, 5.74) is 6.69. The molecule has 1 fully saturated rings. The summed E-state index contributed by atoms with van der Waals surface area (Å²) in [7, 11) is 0. The summed E-state index contributed by atoms with van der Waals surface area (Å²) in [6.45, 7) is 7.58. The number of nitrogens with zero attached hydrogens (tertiary/aromatic N) is 2. The van der Waals surface area contributed by atoms with Crippen molar-refractivity contribution < 1.29 is 9.32 Å².